The summed E-state index contributed by atoms with van der Waals surface area (Å²) in [6, 6.07) is 2.61. The zero-order valence-corrected chi connectivity index (χ0v) is 12.2. The molecule has 1 heterocycles. The van der Waals surface area contributed by atoms with E-state index in [2.05, 4.69) is 21.0 Å². The Bertz CT molecular complexity index is 670. The van der Waals surface area contributed by atoms with Gasteiger partial charge >= 0.3 is 6.18 Å². The summed E-state index contributed by atoms with van der Waals surface area (Å²) in [5, 5.41) is 14.2. The molecule has 1 aliphatic rings. The van der Waals surface area contributed by atoms with Crippen LogP contribution in [0, 0.1) is 0 Å². The monoisotopic (exact) mass is 348 g/mol. The molecule has 1 saturated carbocycles. The summed E-state index contributed by atoms with van der Waals surface area (Å²) in [6.07, 6.45) is -1.82. The van der Waals surface area contributed by atoms with E-state index in [1.54, 1.807) is 19.2 Å². The highest BCUT2D eigenvalue weighted by Crippen LogP contribution is 2.42. The first-order valence-electron chi connectivity index (χ1n) is 6.14. The van der Waals surface area contributed by atoms with Crippen LogP contribution in [0.4, 0.5) is 13.2 Å². The Kier molecular flexibility index (Phi) is 2.92. The minimum absolute atomic E-state index is 0.0442. The lowest BCUT2D eigenvalue weighted by molar-refractivity contribution is -0.136. The predicted octanol–water partition coefficient (Wildman–Crippen LogP) is 3.90. The normalized spacial score (nSPS) is 26.8. The van der Waals surface area contributed by atoms with Crippen molar-refractivity contribution in [1.82, 2.24) is 9.78 Å². The van der Waals surface area contributed by atoms with Crippen LogP contribution in [0.5, 0.6) is 0 Å². The first-order valence-corrected chi connectivity index (χ1v) is 6.93. The molecule has 3 rings (SSSR count). The van der Waals surface area contributed by atoms with Crippen LogP contribution in [0.3, 0.4) is 0 Å². The minimum atomic E-state index is -4.44. The van der Waals surface area contributed by atoms with Gasteiger partial charge in [0.05, 0.1) is 17.2 Å². The number of halogens is 4. The Morgan fingerprint density at radius 1 is 1.40 bits per heavy atom. The van der Waals surface area contributed by atoms with Gasteiger partial charge in [0.25, 0.3) is 0 Å². The summed E-state index contributed by atoms with van der Waals surface area (Å²) < 4.78 is 41.0. The van der Waals surface area contributed by atoms with E-state index >= 15 is 0 Å². The van der Waals surface area contributed by atoms with E-state index in [4.69, 9.17) is 0 Å². The molecule has 2 aromatic rings. The van der Waals surface area contributed by atoms with Gasteiger partial charge in [-0.2, -0.15) is 18.3 Å². The maximum absolute atomic E-state index is 13.0. The van der Waals surface area contributed by atoms with Gasteiger partial charge in [-0.25, -0.2) is 0 Å². The van der Waals surface area contributed by atoms with Gasteiger partial charge in [-0.1, -0.05) is 15.9 Å². The first kappa shape index (κ1) is 13.9. The molecule has 1 N–H and O–H groups in total. The van der Waals surface area contributed by atoms with E-state index in [0.717, 1.165) is 6.07 Å². The van der Waals surface area contributed by atoms with Crippen molar-refractivity contribution >= 4 is 26.8 Å². The summed E-state index contributed by atoms with van der Waals surface area (Å²) in [6.45, 7) is 1.71. The molecule has 1 aromatic carbocycles. The third kappa shape index (κ3) is 2.33. The number of aliphatic hydroxyl groups is 1. The molecule has 108 valence electrons. The summed E-state index contributed by atoms with van der Waals surface area (Å²) in [4.78, 5) is 0. The van der Waals surface area contributed by atoms with Crippen molar-refractivity contribution in [3.05, 3.63) is 28.4 Å². The number of hydrogen-bond donors (Lipinski definition) is 1. The fourth-order valence-electron chi connectivity index (χ4n) is 2.66. The zero-order valence-electron chi connectivity index (χ0n) is 10.6. The van der Waals surface area contributed by atoms with Gasteiger partial charge in [0.1, 0.15) is 5.52 Å². The fourth-order valence-corrected chi connectivity index (χ4v) is 3.14. The molecular formula is C13H12BrF3N2O. The average Bonchev–Trinajstić information content (AvgIpc) is 2.66. The van der Waals surface area contributed by atoms with Crippen LogP contribution in [0.25, 0.3) is 10.9 Å². The molecule has 0 bridgehead atoms. The summed E-state index contributed by atoms with van der Waals surface area (Å²) in [5.74, 6) is 0. The van der Waals surface area contributed by atoms with Crippen molar-refractivity contribution in [1.29, 1.82) is 0 Å². The number of rotatable bonds is 1. The topological polar surface area (TPSA) is 38.0 Å². The Morgan fingerprint density at radius 2 is 2.05 bits per heavy atom. The second-order valence-corrected chi connectivity index (χ2v) is 6.47. The van der Waals surface area contributed by atoms with Crippen molar-refractivity contribution in [2.24, 2.45) is 0 Å². The number of alkyl halides is 3. The van der Waals surface area contributed by atoms with Crippen LogP contribution in [-0.4, -0.2) is 20.5 Å². The molecule has 0 amide bonds. The second kappa shape index (κ2) is 4.21. The molecule has 20 heavy (non-hydrogen) atoms. The lowest BCUT2D eigenvalue weighted by atomic mass is 9.77. The first-order chi connectivity index (χ1) is 9.16. The SMILES string of the molecule is CC1(O)CC(n2cc3cc(Br)cc(C(F)(F)F)c3n2)C1. The largest absolute Gasteiger partial charge is 0.418 e. The van der Waals surface area contributed by atoms with E-state index in [-0.39, 0.29) is 11.6 Å². The number of benzene rings is 1. The van der Waals surface area contributed by atoms with Crippen molar-refractivity contribution in [2.75, 3.05) is 0 Å². The molecule has 1 aliphatic carbocycles. The highest BCUT2D eigenvalue weighted by molar-refractivity contribution is 9.10. The number of aromatic nitrogens is 2. The van der Waals surface area contributed by atoms with E-state index in [1.807, 2.05) is 0 Å². The van der Waals surface area contributed by atoms with Gasteiger partial charge in [-0.15, -0.1) is 0 Å². The third-order valence-electron chi connectivity index (χ3n) is 3.62. The van der Waals surface area contributed by atoms with Crippen molar-refractivity contribution in [2.45, 2.75) is 37.6 Å². The Hall–Kier alpha value is -1.08. The molecule has 0 unspecified atom stereocenters. The van der Waals surface area contributed by atoms with Crippen LogP contribution in [-0.2, 0) is 6.18 Å². The maximum atomic E-state index is 13.0. The predicted molar refractivity (Wildman–Crippen MR) is 71.3 cm³/mol. The van der Waals surface area contributed by atoms with Crippen molar-refractivity contribution in [3.63, 3.8) is 0 Å². The molecule has 1 fully saturated rings. The lowest BCUT2D eigenvalue weighted by Gasteiger charge is -2.40. The molecule has 3 nitrogen and oxygen atoms in total. The molecule has 0 spiro atoms. The highest BCUT2D eigenvalue weighted by atomic mass is 79.9. The van der Waals surface area contributed by atoms with Gasteiger partial charge in [-0.05, 0) is 31.9 Å². The molecule has 7 heteroatoms. The quantitative estimate of drug-likeness (QED) is 0.848. The third-order valence-corrected chi connectivity index (χ3v) is 4.08. The van der Waals surface area contributed by atoms with E-state index in [1.165, 1.54) is 4.68 Å². The molecule has 0 atom stereocenters. The van der Waals surface area contributed by atoms with Crippen LogP contribution < -0.4 is 0 Å². The highest BCUT2D eigenvalue weighted by Gasteiger charge is 2.40. The standard InChI is InChI=1S/C13H12BrF3N2O/c1-12(20)4-9(5-12)19-6-7-2-8(14)3-10(11(7)18-19)13(15,16)17/h2-3,6,9,20H,4-5H2,1H3. The maximum Gasteiger partial charge on any atom is 0.418 e. The Balaban J connectivity index is 2.07. The summed E-state index contributed by atoms with van der Waals surface area (Å²) >= 11 is 3.09. The van der Waals surface area contributed by atoms with Crippen LogP contribution in [0.15, 0.2) is 22.8 Å². The Morgan fingerprint density at radius 3 is 2.60 bits per heavy atom. The van der Waals surface area contributed by atoms with Gasteiger partial charge in [0.2, 0.25) is 0 Å². The van der Waals surface area contributed by atoms with Gasteiger partial charge in [0.15, 0.2) is 0 Å². The average molecular weight is 349 g/mol. The summed E-state index contributed by atoms with van der Waals surface area (Å²) in [7, 11) is 0. The van der Waals surface area contributed by atoms with E-state index < -0.39 is 17.3 Å². The Labute approximate surface area is 121 Å². The van der Waals surface area contributed by atoms with E-state index in [0.29, 0.717) is 22.7 Å². The number of nitrogens with zero attached hydrogens (tertiary/aromatic N) is 2. The lowest BCUT2D eigenvalue weighted by Crippen LogP contribution is -2.42. The van der Waals surface area contributed by atoms with E-state index in [9.17, 15) is 18.3 Å². The smallest absolute Gasteiger partial charge is 0.390 e. The van der Waals surface area contributed by atoms with Crippen LogP contribution in [0.2, 0.25) is 0 Å². The molecule has 0 aliphatic heterocycles. The van der Waals surface area contributed by atoms with Crippen LogP contribution >= 0.6 is 15.9 Å². The number of hydrogen-bond acceptors (Lipinski definition) is 2. The van der Waals surface area contributed by atoms with Crippen molar-refractivity contribution < 1.29 is 18.3 Å². The number of fused-ring (bicyclic) bond motifs is 1. The molecule has 0 saturated heterocycles. The summed E-state index contributed by atoms with van der Waals surface area (Å²) in [5.41, 5.74) is -1.53. The zero-order chi connectivity index (χ0) is 14.7. The van der Waals surface area contributed by atoms with Crippen molar-refractivity contribution in [3.8, 4) is 0 Å². The van der Waals surface area contributed by atoms with Crippen LogP contribution in [0.1, 0.15) is 31.4 Å². The second-order valence-electron chi connectivity index (χ2n) is 5.56. The van der Waals surface area contributed by atoms with Gasteiger partial charge in [-0.3, -0.25) is 4.68 Å². The van der Waals surface area contributed by atoms with Gasteiger partial charge < -0.3 is 5.11 Å². The molecule has 0 radical (unpaired) electrons. The molecule has 1 aromatic heterocycles. The fraction of sp³-hybridized carbons (Fsp3) is 0.462. The molecular weight excluding hydrogens is 337 g/mol. The van der Waals surface area contributed by atoms with Gasteiger partial charge in [0, 0.05) is 16.1 Å². The minimum Gasteiger partial charge on any atom is -0.390 e.